The van der Waals surface area contributed by atoms with Crippen molar-refractivity contribution in [1.29, 1.82) is 0 Å². The summed E-state index contributed by atoms with van der Waals surface area (Å²) in [7, 11) is 1.21. The Labute approximate surface area is 119 Å². The number of rotatable bonds is 3. The van der Waals surface area contributed by atoms with Crippen molar-refractivity contribution in [3.63, 3.8) is 0 Å². The summed E-state index contributed by atoms with van der Waals surface area (Å²) in [5, 5.41) is -0.498. The Morgan fingerprint density at radius 1 is 1.45 bits per heavy atom. The lowest BCUT2D eigenvalue weighted by molar-refractivity contribution is -0.148. The lowest BCUT2D eigenvalue weighted by Gasteiger charge is -2.18. The van der Waals surface area contributed by atoms with Crippen LogP contribution in [0.3, 0.4) is 0 Å². The van der Waals surface area contributed by atoms with Crippen molar-refractivity contribution in [2.75, 3.05) is 7.11 Å². The van der Waals surface area contributed by atoms with Crippen LogP contribution < -0.4 is 0 Å². The Morgan fingerprint density at radius 2 is 2.15 bits per heavy atom. The van der Waals surface area contributed by atoms with Gasteiger partial charge in [0.05, 0.1) is 12.0 Å². The molecule has 2 heterocycles. The third-order valence-corrected chi connectivity index (χ3v) is 3.67. The normalized spacial score (nSPS) is 18.8. The molecule has 6 nitrogen and oxygen atoms in total. The second-order valence-electron chi connectivity index (χ2n) is 4.20. The van der Waals surface area contributed by atoms with E-state index in [1.165, 1.54) is 20.1 Å². The van der Waals surface area contributed by atoms with Crippen molar-refractivity contribution in [3.05, 3.63) is 28.6 Å². The summed E-state index contributed by atoms with van der Waals surface area (Å²) in [6.07, 6.45) is 1.49. The minimum Gasteiger partial charge on any atom is -0.467 e. The van der Waals surface area contributed by atoms with Gasteiger partial charge in [0.25, 0.3) is 11.1 Å². The van der Waals surface area contributed by atoms with Crippen LogP contribution in [0, 0.1) is 6.92 Å². The first-order chi connectivity index (χ1) is 9.43. The topological polar surface area (TPSA) is 76.8 Å². The van der Waals surface area contributed by atoms with Crippen molar-refractivity contribution in [1.82, 2.24) is 4.90 Å². The van der Waals surface area contributed by atoms with Crippen LogP contribution in [0.2, 0.25) is 0 Å². The third kappa shape index (κ3) is 2.62. The van der Waals surface area contributed by atoms with Crippen molar-refractivity contribution in [2.45, 2.75) is 19.9 Å². The Balaban J connectivity index is 2.25. The van der Waals surface area contributed by atoms with E-state index in [0.29, 0.717) is 11.5 Å². The van der Waals surface area contributed by atoms with Gasteiger partial charge < -0.3 is 9.15 Å². The minimum absolute atomic E-state index is 0.222. The van der Waals surface area contributed by atoms with Gasteiger partial charge in [-0.15, -0.1) is 0 Å². The third-order valence-electron chi connectivity index (χ3n) is 2.79. The average Bonchev–Trinajstić information content (AvgIpc) is 2.93. The maximum Gasteiger partial charge on any atom is 0.328 e. The van der Waals surface area contributed by atoms with Gasteiger partial charge >= 0.3 is 5.97 Å². The highest BCUT2D eigenvalue weighted by molar-refractivity contribution is 8.18. The molecule has 1 fully saturated rings. The molecule has 7 heteroatoms. The number of thioether (sulfide) groups is 1. The monoisotopic (exact) mass is 295 g/mol. The van der Waals surface area contributed by atoms with E-state index < -0.39 is 23.2 Å². The summed E-state index contributed by atoms with van der Waals surface area (Å²) in [6, 6.07) is 2.51. The lowest BCUT2D eigenvalue weighted by atomic mass is 10.3. The zero-order valence-electron chi connectivity index (χ0n) is 11.2. The van der Waals surface area contributed by atoms with Crippen LogP contribution in [0.4, 0.5) is 4.79 Å². The molecule has 1 aromatic heterocycles. The molecule has 0 saturated carbocycles. The number of hydrogen-bond donors (Lipinski definition) is 0. The summed E-state index contributed by atoms with van der Waals surface area (Å²) >= 11 is 0.773. The number of hydrogen-bond acceptors (Lipinski definition) is 6. The maximum atomic E-state index is 12.2. The molecule has 0 bridgehead atoms. The number of methoxy groups -OCH3 is 1. The van der Waals surface area contributed by atoms with Gasteiger partial charge in [-0.1, -0.05) is 0 Å². The average molecular weight is 295 g/mol. The SMILES string of the molecule is COC(=O)C(C)N1C(=O)SC(=Cc2ccc(C)o2)C1=O. The molecule has 1 aromatic rings. The summed E-state index contributed by atoms with van der Waals surface area (Å²) in [4.78, 5) is 36.5. The van der Waals surface area contributed by atoms with Gasteiger partial charge in [0.1, 0.15) is 17.6 Å². The molecule has 0 N–H and O–H groups in total. The fourth-order valence-corrected chi connectivity index (χ4v) is 2.64. The number of aryl methyl sites for hydroxylation is 1. The van der Waals surface area contributed by atoms with Crippen LogP contribution in [0.15, 0.2) is 21.5 Å². The zero-order valence-corrected chi connectivity index (χ0v) is 12.0. The van der Waals surface area contributed by atoms with Crippen molar-refractivity contribution in [2.24, 2.45) is 0 Å². The van der Waals surface area contributed by atoms with Crippen LogP contribution in [0.5, 0.6) is 0 Å². The van der Waals surface area contributed by atoms with Crippen LogP contribution in [-0.2, 0) is 14.3 Å². The second-order valence-corrected chi connectivity index (χ2v) is 5.19. The van der Waals surface area contributed by atoms with Crippen molar-refractivity contribution in [3.8, 4) is 0 Å². The number of esters is 1. The fraction of sp³-hybridized carbons (Fsp3) is 0.308. The Hall–Kier alpha value is -2.02. The van der Waals surface area contributed by atoms with Crippen molar-refractivity contribution < 1.29 is 23.5 Å². The number of ether oxygens (including phenoxy) is 1. The van der Waals surface area contributed by atoms with Gasteiger partial charge in [-0.05, 0) is 37.7 Å². The van der Waals surface area contributed by atoms with E-state index in [1.807, 2.05) is 0 Å². The molecule has 2 amide bonds. The zero-order chi connectivity index (χ0) is 14.9. The van der Waals surface area contributed by atoms with Crippen LogP contribution in [0.1, 0.15) is 18.4 Å². The largest absolute Gasteiger partial charge is 0.467 e. The van der Waals surface area contributed by atoms with E-state index in [0.717, 1.165) is 16.7 Å². The molecule has 1 aliphatic rings. The number of carbonyl (C=O) groups excluding carboxylic acids is 3. The molecule has 0 radical (unpaired) electrons. The Morgan fingerprint density at radius 3 is 2.70 bits per heavy atom. The summed E-state index contributed by atoms with van der Waals surface area (Å²) in [5.74, 6) is 0.0338. The highest BCUT2D eigenvalue weighted by Crippen LogP contribution is 2.33. The van der Waals surface area contributed by atoms with Gasteiger partial charge in [0.15, 0.2) is 0 Å². The summed E-state index contributed by atoms with van der Waals surface area (Å²) < 4.78 is 9.88. The van der Waals surface area contributed by atoms with Gasteiger partial charge in [-0.25, -0.2) is 4.79 Å². The molecule has 1 unspecified atom stereocenters. The molecule has 1 atom stereocenters. The summed E-state index contributed by atoms with van der Waals surface area (Å²) in [6.45, 7) is 3.23. The van der Waals surface area contributed by atoms with E-state index >= 15 is 0 Å². The molecule has 0 spiro atoms. The second kappa shape index (κ2) is 5.54. The van der Waals surface area contributed by atoms with E-state index in [2.05, 4.69) is 4.74 Å². The number of amides is 2. The van der Waals surface area contributed by atoms with Crippen LogP contribution >= 0.6 is 11.8 Å². The van der Waals surface area contributed by atoms with E-state index in [4.69, 9.17) is 4.42 Å². The first kappa shape index (κ1) is 14.4. The number of nitrogens with zero attached hydrogens (tertiary/aromatic N) is 1. The molecule has 0 aromatic carbocycles. The van der Waals surface area contributed by atoms with Gasteiger partial charge in [-0.3, -0.25) is 14.5 Å². The van der Waals surface area contributed by atoms with Crippen LogP contribution in [-0.4, -0.2) is 35.2 Å². The first-order valence-corrected chi connectivity index (χ1v) is 6.67. The molecular weight excluding hydrogens is 282 g/mol. The number of furan rings is 1. The predicted molar refractivity (Wildman–Crippen MR) is 72.7 cm³/mol. The molecule has 0 aliphatic carbocycles. The highest BCUT2D eigenvalue weighted by Gasteiger charge is 2.41. The van der Waals surface area contributed by atoms with E-state index in [-0.39, 0.29) is 4.91 Å². The molecule has 1 aliphatic heterocycles. The fourth-order valence-electron chi connectivity index (χ4n) is 1.75. The Bertz CT molecular complexity index is 604. The van der Waals surface area contributed by atoms with Gasteiger partial charge in [0, 0.05) is 6.08 Å². The van der Waals surface area contributed by atoms with E-state index in [1.54, 1.807) is 19.1 Å². The van der Waals surface area contributed by atoms with E-state index in [9.17, 15) is 14.4 Å². The Kier molecular flexibility index (Phi) is 3.99. The van der Waals surface area contributed by atoms with Crippen LogP contribution in [0.25, 0.3) is 6.08 Å². The minimum atomic E-state index is -0.947. The smallest absolute Gasteiger partial charge is 0.328 e. The van der Waals surface area contributed by atoms with Gasteiger partial charge in [-0.2, -0.15) is 0 Å². The highest BCUT2D eigenvalue weighted by atomic mass is 32.2. The number of imide groups is 1. The molecule has 1 saturated heterocycles. The molecule has 20 heavy (non-hydrogen) atoms. The number of carbonyl (C=O) groups is 3. The first-order valence-electron chi connectivity index (χ1n) is 5.85. The standard InChI is InChI=1S/C13H13NO5S/c1-7-4-5-9(19-7)6-10-11(15)14(13(17)20-10)8(2)12(16)18-3/h4-6,8H,1-3H3. The van der Waals surface area contributed by atoms with Gasteiger partial charge in [0.2, 0.25) is 0 Å². The lowest BCUT2D eigenvalue weighted by Crippen LogP contribution is -2.42. The van der Waals surface area contributed by atoms with Crippen molar-refractivity contribution >= 4 is 35.0 Å². The maximum absolute atomic E-state index is 12.2. The summed E-state index contributed by atoms with van der Waals surface area (Å²) in [5.41, 5.74) is 0. The molecular formula is C13H13NO5S. The molecule has 2 rings (SSSR count). The predicted octanol–water partition coefficient (Wildman–Crippen LogP) is 2.19. The molecule has 106 valence electrons. The quantitative estimate of drug-likeness (QED) is 0.628.